The van der Waals surface area contributed by atoms with E-state index in [9.17, 15) is 0 Å². The van der Waals surface area contributed by atoms with Crippen LogP contribution in [0.25, 0.3) is 0 Å². The van der Waals surface area contributed by atoms with Crippen LogP contribution in [-0.2, 0) is 13.0 Å². The van der Waals surface area contributed by atoms with E-state index in [1.165, 1.54) is 37.9 Å². The summed E-state index contributed by atoms with van der Waals surface area (Å²) >= 11 is 0. The molecule has 0 aromatic carbocycles. The summed E-state index contributed by atoms with van der Waals surface area (Å²) in [7, 11) is 0. The molecule has 0 spiro atoms. The third kappa shape index (κ3) is 2.30. The molecule has 1 atom stereocenters. The van der Waals surface area contributed by atoms with Gasteiger partial charge < -0.3 is 9.88 Å². The van der Waals surface area contributed by atoms with Gasteiger partial charge in [0.05, 0.1) is 6.04 Å². The lowest BCUT2D eigenvalue weighted by Gasteiger charge is -2.29. The highest BCUT2D eigenvalue weighted by atomic mass is 15.3. The molecule has 0 saturated heterocycles. The van der Waals surface area contributed by atoms with Gasteiger partial charge in [0.2, 0.25) is 0 Å². The fourth-order valence-electron chi connectivity index (χ4n) is 3.35. The van der Waals surface area contributed by atoms with Crippen LogP contribution in [0.1, 0.15) is 63.6 Å². The van der Waals surface area contributed by atoms with Crippen LogP contribution in [0.3, 0.4) is 0 Å². The van der Waals surface area contributed by atoms with Gasteiger partial charge in [-0.05, 0) is 44.9 Å². The second kappa shape index (κ2) is 5.00. The molecule has 18 heavy (non-hydrogen) atoms. The Morgan fingerprint density at radius 3 is 2.78 bits per heavy atom. The van der Waals surface area contributed by atoms with Crippen molar-refractivity contribution in [1.82, 2.24) is 20.1 Å². The van der Waals surface area contributed by atoms with Gasteiger partial charge in [0, 0.05) is 19.0 Å². The van der Waals surface area contributed by atoms with Crippen LogP contribution in [0.4, 0.5) is 0 Å². The van der Waals surface area contributed by atoms with Crippen LogP contribution in [0.5, 0.6) is 0 Å². The molecule has 1 N–H and O–H groups in total. The summed E-state index contributed by atoms with van der Waals surface area (Å²) in [5.41, 5.74) is 0. The van der Waals surface area contributed by atoms with Crippen LogP contribution in [-0.4, -0.2) is 20.8 Å². The summed E-state index contributed by atoms with van der Waals surface area (Å²) in [6.07, 6.45) is 7.68. The van der Waals surface area contributed by atoms with Gasteiger partial charge in [-0.15, -0.1) is 10.2 Å². The molecule has 100 valence electrons. The van der Waals surface area contributed by atoms with Gasteiger partial charge in [0.25, 0.3) is 0 Å². The maximum Gasteiger partial charge on any atom is 0.149 e. The van der Waals surface area contributed by atoms with E-state index >= 15 is 0 Å². The van der Waals surface area contributed by atoms with Gasteiger partial charge in [-0.3, -0.25) is 0 Å². The van der Waals surface area contributed by atoms with Gasteiger partial charge in [0.15, 0.2) is 0 Å². The number of fused-ring (bicyclic) bond motifs is 1. The van der Waals surface area contributed by atoms with Gasteiger partial charge in [-0.25, -0.2) is 0 Å². The summed E-state index contributed by atoms with van der Waals surface area (Å²) in [6, 6.07) is 1.01. The van der Waals surface area contributed by atoms with Crippen molar-refractivity contribution in [3.8, 4) is 0 Å². The summed E-state index contributed by atoms with van der Waals surface area (Å²) in [6.45, 7) is 5.70. The number of hydrogen-bond acceptors (Lipinski definition) is 3. The molecule has 0 amide bonds. The highest BCUT2D eigenvalue weighted by Gasteiger charge is 2.24. The predicted molar refractivity (Wildman–Crippen MR) is 71.3 cm³/mol. The lowest BCUT2D eigenvalue weighted by Crippen LogP contribution is -2.35. The van der Waals surface area contributed by atoms with Gasteiger partial charge in [0.1, 0.15) is 11.6 Å². The van der Waals surface area contributed by atoms with Crippen molar-refractivity contribution >= 4 is 0 Å². The SMILES string of the molecule is CC1CCC(NC(C)c2nnc3n2CCC3)CC1. The van der Waals surface area contributed by atoms with Crippen molar-refractivity contribution in [1.29, 1.82) is 0 Å². The normalized spacial score (nSPS) is 29.2. The van der Waals surface area contributed by atoms with E-state index in [2.05, 4.69) is 33.9 Å². The van der Waals surface area contributed by atoms with Gasteiger partial charge in [-0.2, -0.15) is 0 Å². The first-order valence-electron chi connectivity index (χ1n) is 7.42. The Balaban J connectivity index is 1.62. The van der Waals surface area contributed by atoms with Crippen molar-refractivity contribution in [2.75, 3.05) is 0 Å². The Morgan fingerprint density at radius 2 is 2.00 bits per heavy atom. The molecule has 1 saturated carbocycles. The summed E-state index contributed by atoms with van der Waals surface area (Å²) in [4.78, 5) is 0. The van der Waals surface area contributed by atoms with Crippen molar-refractivity contribution in [2.24, 2.45) is 5.92 Å². The first-order valence-corrected chi connectivity index (χ1v) is 7.42. The first-order chi connectivity index (χ1) is 8.74. The molecule has 2 aliphatic rings. The molecule has 1 aliphatic carbocycles. The molecule has 1 fully saturated rings. The molecule has 1 aromatic heterocycles. The molecular formula is C14H24N4. The Kier molecular flexibility index (Phi) is 3.37. The average molecular weight is 248 g/mol. The second-order valence-corrected chi connectivity index (χ2v) is 6.07. The zero-order valence-electron chi connectivity index (χ0n) is 11.5. The minimum absolute atomic E-state index is 0.336. The Labute approximate surface area is 109 Å². The quantitative estimate of drug-likeness (QED) is 0.893. The minimum Gasteiger partial charge on any atom is -0.314 e. The Bertz CT molecular complexity index is 404. The van der Waals surface area contributed by atoms with Crippen molar-refractivity contribution < 1.29 is 0 Å². The van der Waals surface area contributed by atoms with Crippen molar-refractivity contribution in [3.63, 3.8) is 0 Å². The summed E-state index contributed by atoms with van der Waals surface area (Å²) in [5, 5.41) is 12.4. The fraction of sp³-hybridized carbons (Fsp3) is 0.857. The van der Waals surface area contributed by atoms with E-state index in [0.29, 0.717) is 12.1 Å². The largest absolute Gasteiger partial charge is 0.314 e. The smallest absolute Gasteiger partial charge is 0.149 e. The Morgan fingerprint density at radius 1 is 1.22 bits per heavy atom. The molecule has 1 unspecified atom stereocenters. The van der Waals surface area contributed by atoms with Crippen LogP contribution in [0, 0.1) is 5.92 Å². The molecule has 3 rings (SSSR count). The van der Waals surface area contributed by atoms with Gasteiger partial charge >= 0.3 is 0 Å². The van der Waals surface area contributed by atoms with Crippen molar-refractivity contribution in [2.45, 2.75) is 71.0 Å². The van der Waals surface area contributed by atoms with Gasteiger partial charge in [-0.1, -0.05) is 6.92 Å². The molecule has 1 aromatic rings. The van der Waals surface area contributed by atoms with Crippen molar-refractivity contribution in [3.05, 3.63) is 11.6 Å². The third-order valence-electron chi connectivity index (χ3n) is 4.53. The van der Waals surface area contributed by atoms with Crippen LogP contribution < -0.4 is 5.32 Å². The first kappa shape index (κ1) is 12.2. The number of rotatable bonds is 3. The second-order valence-electron chi connectivity index (χ2n) is 6.07. The average Bonchev–Trinajstić information content (AvgIpc) is 2.93. The standard InChI is InChI=1S/C14H24N4/c1-10-5-7-12(8-6-10)15-11(2)14-17-16-13-4-3-9-18(13)14/h10-12,15H,3-9H2,1-2H3. The highest BCUT2D eigenvalue weighted by molar-refractivity contribution is 5.04. The van der Waals surface area contributed by atoms with E-state index in [0.717, 1.165) is 24.7 Å². The number of nitrogens with zero attached hydrogens (tertiary/aromatic N) is 3. The number of nitrogens with one attached hydrogen (secondary N) is 1. The fourth-order valence-corrected chi connectivity index (χ4v) is 3.35. The summed E-state index contributed by atoms with van der Waals surface area (Å²) < 4.78 is 2.31. The highest BCUT2D eigenvalue weighted by Crippen LogP contribution is 2.26. The molecular weight excluding hydrogens is 224 g/mol. The van der Waals surface area contributed by atoms with Crippen LogP contribution in [0.2, 0.25) is 0 Å². The van der Waals surface area contributed by atoms with Crippen LogP contribution >= 0.6 is 0 Å². The number of aromatic nitrogens is 3. The maximum absolute atomic E-state index is 4.37. The predicted octanol–water partition coefficient (Wildman–Crippen LogP) is 2.45. The maximum atomic E-state index is 4.37. The third-order valence-corrected chi connectivity index (χ3v) is 4.53. The molecule has 2 heterocycles. The van der Waals surface area contributed by atoms with E-state index in [4.69, 9.17) is 0 Å². The monoisotopic (exact) mass is 248 g/mol. The number of hydrogen-bond donors (Lipinski definition) is 1. The van der Waals surface area contributed by atoms with E-state index in [1.807, 2.05) is 0 Å². The zero-order valence-corrected chi connectivity index (χ0v) is 11.5. The van der Waals surface area contributed by atoms with E-state index in [-0.39, 0.29) is 0 Å². The molecule has 0 radical (unpaired) electrons. The topological polar surface area (TPSA) is 42.7 Å². The lowest BCUT2D eigenvalue weighted by molar-refractivity contribution is 0.287. The molecule has 4 heteroatoms. The number of aryl methyl sites for hydroxylation is 1. The van der Waals surface area contributed by atoms with E-state index in [1.54, 1.807) is 0 Å². The van der Waals surface area contributed by atoms with Crippen LogP contribution in [0.15, 0.2) is 0 Å². The molecule has 1 aliphatic heterocycles. The Hall–Kier alpha value is -0.900. The van der Waals surface area contributed by atoms with E-state index < -0.39 is 0 Å². The minimum atomic E-state index is 0.336. The molecule has 0 bridgehead atoms. The lowest BCUT2D eigenvalue weighted by atomic mass is 9.87. The molecule has 4 nitrogen and oxygen atoms in total. The zero-order chi connectivity index (χ0) is 12.5. The summed E-state index contributed by atoms with van der Waals surface area (Å²) in [5.74, 6) is 3.23.